The highest BCUT2D eigenvalue weighted by Crippen LogP contribution is 2.25. The molecule has 1 saturated heterocycles. The standard InChI is InChI=1S/C20H22O3/c1-20(2)22-14-18(23-20)13-10-15-8-11-17(12-9-15)19(21)16-6-4-3-5-7-16/h3-9,11-12,18H,10,13-14H2,1-2H3/t18-/m0/s1. The molecule has 0 aliphatic carbocycles. The minimum atomic E-state index is -0.462. The molecule has 0 unspecified atom stereocenters. The molecular formula is C20H22O3. The number of hydrogen-bond donors (Lipinski definition) is 0. The van der Waals surface area contributed by atoms with Crippen molar-refractivity contribution in [2.24, 2.45) is 0 Å². The van der Waals surface area contributed by atoms with Gasteiger partial charge in [0.05, 0.1) is 12.7 Å². The van der Waals surface area contributed by atoms with E-state index in [4.69, 9.17) is 9.47 Å². The number of hydrogen-bond acceptors (Lipinski definition) is 3. The van der Waals surface area contributed by atoms with E-state index in [9.17, 15) is 4.79 Å². The Labute approximate surface area is 137 Å². The smallest absolute Gasteiger partial charge is 0.193 e. The largest absolute Gasteiger partial charge is 0.348 e. The number of rotatable bonds is 5. The Hall–Kier alpha value is -1.97. The monoisotopic (exact) mass is 310 g/mol. The van der Waals surface area contributed by atoms with Crippen LogP contribution < -0.4 is 0 Å². The number of ether oxygens (including phenoxy) is 2. The van der Waals surface area contributed by atoms with Crippen molar-refractivity contribution in [3.8, 4) is 0 Å². The summed E-state index contributed by atoms with van der Waals surface area (Å²) in [5.74, 6) is -0.400. The van der Waals surface area contributed by atoms with Crippen molar-refractivity contribution < 1.29 is 14.3 Å². The van der Waals surface area contributed by atoms with Gasteiger partial charge in [-0.15, -0.1) is 0 Å². The van der Waals surface area contributed by atoms with Crippen LogP contribution in [0.5, 0.6) is 0 Å². The first kappa shape index (κ1) is 15.9. The van der Waals surface area contributed by atoms with Gasteiger partial charge >= 0.3 is 0 Å². The molecule has 120 valence electrons. The second-order valence-corrected chi connectivity index (χ2v) is 6.38. The number of carbonyl (C=O) groups is 1. The molecule has 3 nitrogen and oxygen atoms in total. The third kappa shape index (κ3) is 4.06. The molecule has 0 saturated carbocycles. The van der Waals surface area contributed by atoms with E-state index in [1.807, 2.05) is 68.4 Å². The summed E-state index contributed by atoms with van der Waals surface area (Å²) in [5.41, 5.74) is 2.66. The predicted octanol–water partition coefficient (Wildman–Crippen LogP) is 4.00. The third-order valence-corrected chi connectivity index (χ3v) is 4.07. The highest BCUT2D eigenvalue weighted by molar-refractivity contribution is 6.08. The molecule has 23 heavy (non-hydrogen) atoms. The maximum absolute atomic E-state index is 12.4. The van der Waals surface area contributed by atoms with Crippen LogP contribution >= 0.6 is 0 Å². The van der Waals surface area contributed by atoms with Crippen LogP contribution in [0.2, 0.25) is 0 Å². The van der Waals surface area contributed by atoms with E-state index in [0.717, 1.165) is 24.0 Å². The van der Waals surface area contributed by atoms with Crippen molar-refractivity contribution >= 4 is 5.78 Å². The van der Waals surface area contributed by atoms with Crippen molar-refractivity contribution in [2.75, 3.05) is 6.61 Å². The van der Waals surface area contributed by atoms with Gasteiger partial charge in [-0.1, -0.05) is 54.6 Å². The lowest BCUT2D eigenvalue weighted by molar-refractivity contribution is -0.138. The molecule has 0 bridgehead atoms. The second-order valence-electron chi connectivity index (χ2n) is 6.38. The van der Waals surface area contributed by atoms with E-state index in [-0.39, 0.29) is 11.9 Å². The van der Waals surface area contributed by atoms with E-state index in [0.29, 0.717) is 6.61 Å². The molecule has 3 heteroatoms. The van der Waals surface area contributed by atoms with E-state index < -0.39 is 5.79 Å². The molecule has 1 heterocycles. The normalized spacial score (nSPS) is 19.7. The van der Waals surface area contributed by atoms with Gasteiger partial charge in [0.25, 0.3) is 0 Å². The van der Waals surface area contributed by atoms with Gasteiger partial charge in [0.1, 0.15) is 0 Å². The molecule has 1 atom stereocenters. The van der Waals surface area contributed by atoms with Crippen LogP contribution in [0, 0.1) is 0 Å². The Morgan fingerprint density at radius 3 is 2.30 bits per heavy atom. The van der Waals surface area contributed by atoms with Gasteiger partial charge in [-0.25, -0.2) is 0 Å². The summed E-state index contributed by atoms with van der Waals surface area (Å²) in [6.07, 6.45) is 2.00. The van der Waals surface area contributed by atoms with Crippen molar-refractivity contribution in [3.63, 3.8) is 0 Å². The Bertz CT molecular complexity index is 659. The minimum Gasteiger partial charge on any atom is -0.348 e. The number of ketones is 1. The maximum Gasteiger partial charge on any atom is 0.193 e. The number of carbonyl (C=O) groups excluding carboxylic acids is 1. The van der Waals surface area contributed by atoms with Crippen molar-refractivity contribution in [1.82, 2.24) is 0 Å². The molecule has 0 N–H and O–H groups in total. The van der Waals surface area contributed by atoms with Crippen LogP contribution in [0.1, 0.15) is 41.8 Å². The Morgan fingerprint density at radius 2 is 1.70 bits per heavy atom. The van der Waals surface area contributed by atoms with Crippen LogP contribution in [0.4, 0.5) is 0 Å². The fourth-order valence-electron chi connectivity index (χ4n) is 2.81. The number of benzene rings is 2. The Kier molecular flexibility index (Phi) is 4.60. The zero-order valence-electron chi connectivity index (χ0n) is 13.6. The van der Waals surface area contributed by atoms with E-state index in [1.54, 1.807) is 0 Å². The molecule has 0 amide bonds. The molecular weight excluding hydrogens is 288 g/mol. The minimum absolute atomic E-state index is 0.0615. The fourth-order valence-corrected chi connectivity index (χ4v) is 2.81. The van der Waals surface area contributed by atoms with Crippen molar-refractivity contribution in [3.05, 3.63) is 71.3 Å². The van der Waals surface area contributed by atoms with Crippen LogP contribution in [-0.4, -0.2) is 24.3 Å². The van der Waals surface area contributed by atoms with Gasteiger partial charge in [-0.2, -0.15) is 0 Å². The second kappa shape index (κ2) is 6.65. The topological polar surface area (TPSA) is 35.5 Å². The summed E-state index contributed by atoms with van der Waals surface area (Å²) in [7, 11) is 0. The first-order valence-electron chi connectivity index (χ1n) is 8.04. The average molecular weight is 310 g/mol. The average Bonchev–Trinajstić information content (AvgIpc) is 2.93. The van der Waals surface area contributed by atoms with E-state index in [1.165, 1.54) is 5.56 Å². The third-order valence-electron chi connectivity index (χ3n) is 4.07. The van der Waals surface area contributed by atoms with Crippen LogP contribution in [-0.2, 0) is 15.9 Å². The van der Waals surface area contributed by atoms with Gasteiger partial charge in [0.15, 0.2) is 11.6 Å². The zero-order chi connectivity index (χ0) is 16.3. The summed E-state index contributed by atoms with van der Waals surface area (Å²) >= 11 is 0. The van der Waals surface area contributed by atoms with Crippen molar-refractivity contribution in [2.45, 2.75) is 38.6 Å². The summed E-state index contributed by atoms with van der Waals surface area (Å²) in [6.45, 7) is 4.53. The predicted molar refractivity (Wildman–Crippen MR) is 89.5 cm³/mol. The summed E-state index contributed by atoms with van der Waals surface area (Å²) in [4.78, 5) is 12.4. The molecule has 2 aromatic rings. The van der Waals surface area contributed by atoms with Crippen LogP contribution in [0.15, 0.2) is 54.6 Å². The number of aryl methyl sites for hydroxylation is 1. The maximum atomic E-state index is 12.4. The molecule has 3 rings (SSSR count). The Morgan fingerprint density at radius 1 is 1.04 bits per heavy atom. The molecule has 1 aliphatic heterocycles. The lowest BCUT2D eigenvalue weighted by Crippen LogP contribution is -2.21. The van der Waals surface area contributed by atoms with Crippen LogP contribution in [0.3, 0.4) is 0 Å². The molecule has 0 spiro atoms. The molecule has 0 aromatic heterocycles. The fraction of sp³-hybridized carbons (Fsp3) is 0.350. The molecule has 2 aromatic carbocycles. The van der Waals surface area contributed by atoms with Gasteiger partial charge < -0.3 is 9.47 Å². The molecule has 1 fully saturated rings. The summed E-state index contributed by atoms with van der Waals surface area (Å²) in [6, 6.07) is 17.2. The van der Waals surface area contributed by atoms with Gasteiger partial charge in [0.2, 0.25) is 0 Å². The SMILES string of the molecule is CC1(C)OC[C@H](CCc2ccc(C(=O)c3ccccc3)cc2)O1. The Balaban J connectivity index is 1.58. The van der Waals surface area contributed by atoms with Gasteiger partial charge in [-0.3, -0.25) is 4.79 Å². The van der Waals surface area contributed by atoms with Crippen LogP contribution in [0.25, 0.3) is 0 Å². The highest BCUT2D eigenvalue weighted by atomic mass is 16.7. The summed E-state index contributed by atoms with van der Waals surface area (Å²) in [5, 5.41) is 0. The first-order valence-corrected chi connectivity index (χ1v) is 8.04. The zero-order valence-corrected chi connectivity index (χ0v) is 13.6. The van der Waals surface area contributed by atoms with E-state index >= 15 is 0 Å². The molecule has 1 aliphatic rings. The first-order chi connectivity index (χ1) is 11.0. The molecule has 0 radical (unpaired) electrons. The highest BCUT2D eigenvalue weighted by Gasteiger charge is 2.32. The lowest BCUT2D eigenvalue weighted by atomic mass is 10.00. The van der Waals surface area contributed by atoms with Gasteiger partial charge in [0, 0.05) is 11.1 Å². The lowest BCUT2D eigenvalue weighted by Gasteiger charge is -2.17. The van der Waals surface area contributed by atoms with Crippen molar-refractivity contribution in [1.29, 1.82) is 0 Å². The van der Waals surface area contributed by atoms with Gasteiger partial charge in [-0.05, 0) is 32.3 Å². The summed E-state index contributed by atoms with van der Waals surface area (Å²) < 4.78 is 11.4. The quantitative estimate of drug-likeness (QED) is 0.783. The van der Waals surface area contributed by atoms with E-state index in [2.05, 4.69) is 0 Å².